The molecule has 0 heterocycles. The van der Waals surface area contributed by atoms with E-state index < -0.39 is 11.6 Å². The Balaban J connectivity index is 1.91. The van der Waals surface area contributed by atoms with Crippen molar-refractivity contribution in [2.45, 2.75) is 19.4 Å². The molecule has 2 rings (SSSR count). The molecule has 0 aromatic heterocycles. The molecule has 1 unspecified atom stereocenters. The third-order valence-corrected chi connectivity index (χ3v) is 4.31. The fourth-order valence-electron chi connectivity index (χ4n) is 2.71. The minimum Gasteiger partial charge on any atom is -0.356 e. The number of nitrogens with zero attached hydrogens (tertiary/aromatic N) is 2. The standard InChI is InChI=1S/C21H26F2N4O/c1-14(16-8-9-18(22)19(23)13-16)26-21(24-2)25-11-10-15-6-5-7-17(12-15)20(28)27(3)4/h5-9,12-14H,10-11H2,1-4H3,(H2,24,25,26). The van der Waals surface area contributed by atoms with Crippen molar-refractivity contribution in [3.8, 4) is 0 Å². The van der Waals surface area contributed by atoms with Gasteiger partial charge in [-0.05, 0) is 48.7 Å². The first kappa shape index (κ1) is 21.3. The summed E-state index contributed by atoms with van der Waals surface area (Å²) in [5, 5.41) is 6.34. The number of rotatable bonds is 6. The molecule has 0 fully saturated rings. The fraction of sp³-hybridized carbons (Fsp3) is 0.333. The molecule has 5 nitrogen and oxygen atoms in total. The van der Waals surface area contributed by atoms with E-state index in [1.165, 1.54) is 12.1 Å². The molecule has 0 saturated heterocycles. The third-order valence-electron chi connectivity index (χ3n) is 4.31. The smallest absolute Gasteiger partial charge is 0.253 e. The highest BCUT2D eigenvalue weighted by atomic mass is 19.2. The van der Waals surface area contributed by atoms with Crippen LogP contribution in [0.3, 0.4) is 0 Å². The van der Waals surface area contributed by atoms with Gasteiger partial charge in [-0.2, -0.15) is 0 Å². The van der Waals surface area contributed by atoms with Gasteiger partial charge in [0.25, 0.3) is 5.91 Å². The zero-order valence-corrected chi connectivity index (χ0v) is 16.6. The van der Waals surface area contributed by atoms with E-state index >= 15 is 0 Å². The highest BCUT2D eigenvalue weighted by molar-refractivity contribution is 5.94. The molecule has 2 aromatic carbocycles. The van der Waals surface area contributed by atoms with Crippen molar-refractivity contribution >= 4 is 11.9 Å². The van der Waals surface area contributed by atoms with E-state index in [-0.39, 0.29) is 11.9 Å². The van der Waals surface area contributed by atoms with Gasteiger partial charge in [-0.15, -0.1) is 0 Å². The van der Waals surface area contributed by atoms with E-state index in [0.717, 1.165) is 11.6 Å². The van der Waals surface area contributed by atoms with E-state index in [4.69, 9.17) is 0 Å². The number of nitrogens with one attached hydrogen (secondary N) is 2. The summed E-state index contributed by atoms with van der Waals surface area (Å²) in [5.41, 5.74) is 2.30. The van der Waals surface area contributed by atoms with Gasteiger partial charge in [-0.25, -0.2) is 8.78 Å². The minimum atomic E-state index is -0.874. The second-order valence-electron chi connectivity index (χ2n) is 6.69. The Hall–Kier alpha value is -2.96. The molecule has 0 saturated carbocycles. The zero-order chi connectivity index (χ0) is 20.7. The van der Waals surface area contributed by atoms with Crippen molar-refractivity contribution in [2.24, 2.45) is 4.99 Å². The maximum atomic E-state index is 13.4. The van der Waals surface area contributed by atoms with Gasteiger partial charge in [-0.3, -0.25) is 9.79 Å². The van der Waals surface area contributed by atoms with Crippen molar-refractivity contribution in [2.75, 3.05) is 27.7 Å². The number of hydrogen-bond acceptors (Lipinski definition) is 2. The quantitative estimate of drug-likeness (QED) is 0.591. The van der Waals surface area contributed by atoms with Crippen molar-refractivity contribution < 1.29 is 13.6 Å². The van der Waals surface area contributed by atoms with Crippen molar-refractivity contribution in [1.29, 1.82) is 0 Å². The molecule has 0 radical (unpaired) electrons. The average Bonchev–Trinajstić information content (AvgIpc) is 2.68. The number of carbonyl (C=O) groups excluding carboxylic acids is 1. The molecule has 0 spiro atoms. The number of guanidine groups is 1. The van der Waals surface area contributed by atoms with Gasteiger partial charge < -0.3 is 15.5 Å². The van der Waals surface area contributed by atoms with Gasteiger partial charge in [-0.1, -0.05) is 18.2 Å². The maximum absolute atomic E-state index is 13.4. The molecule has 28 heavy (non-hydrogen) atoms. The highest BCUT2D eigenvalue weighted by Gasteiger charge is 2.11. The summed E-state index contributed by atoms with van der Waals surface area (Å²) in [6, 6.07) is 11.1. The molecular formula is C21H26F2N4O. The summed E-state index contributed by atoms with van der Waals surface area (Å²) in [5.74, 6) is -1.22. The summed E-state index contributed by atoms with van der Waals surface area (Å²) in [4.78, 5) is 17.8. The number of aliphatic imine (C=N–C) groups is 1. The van der Waals surface area contributed by atoms with E-state index in [0.29, 0.717) is 30.1 Å². The van der Waals surface area contributed by atoms with Crippen LogP contribution in [0.2, 0.25) is 0 Å². The Bertz CT molecular complexity index is 852. The second kappa shape index (κ2) is 9.82. The molecule has 150 valence electrons. The van der Waals surface area contributed by atoms with Gasteiger partial charge in [0.05, 0.1) is 6.04 Å². The average molecular weight is 388 g/mol. The predicted molar refractivity (Wildman–Crippen MR) is 107 cm³/mol. The van der Waals surface area contributed by atoms with Crippen molar-refractivity contribution in [1.82, 2.24) is 15.5 Å². The minimum absolute atomic E-state index is 0.0346. The third kappa shape index (κ3) is 5.77. The van der Waals surface area contributed by atoms with Gasteiger partial charge in [0.1, 0.15) is 0 Å². The summed E-state index contributed by atoms with van der Waals surface area (Å²) < 4.78 is 26.5. The molecule has 0 aliphatic rings. The summed E-state index contributed by atoms with van der Waals surface area (Å²) in [7, 11) is 5.09. The lowest BCUT2D eigenvalue weighted by atomic mass is 10.1. The number of benzene rings is 2. The summed E-state index contributed by atoms with van der Waals surface area (Å²) >= 11 is 0. The largest absolute Gasteiger partial charge is 0.356 e. The number of hydrogen-bond donors (Lipinski definition) is 2. The first-order chi connectivity index (χ1) is 13.3. The molecule has 0 aliphatic carbocycles. The van der Waals surface area contributed by atoms with Crippen molar-refractivity contribution in [3.63, 3.8) is 0 Å². The van der Waals surface area contributed by atoms with E-state index in [2.05, 4.69) is 15.6 Å². The van der Waals surface area contributed by atoms with Crippen LogP contribution < -0.4 is 10.6 Å². The van der Waals surface area contributed by atoms with Crippen LogP contribution in [0.25, 0.3) is 0 Å². The first-order valence-corrected chi connectivity index (χ1v) is 9.04. The van der Waals surface area contributed by atoms with Crippen LogP contribution >= 0.6 is 0 Å². The van der Waals surface area contributed by atoms with Crippen LogP contribution in [-0.2, 0) is 6.42 Å². The number of halogens is 2. The summed E-state index contributed by atoms with van der Waals surface area (Å²) in [6.45, 7) is 2.44. The normalized spacial score (nSPS) is 12.4. The Kier molecular flexibility index (Phi) is 7.49. The van der Waals surface area contributed by atoms with Gasteiger partial charge in [0, 0.05) is 33.3 Å². The van der Waals surface area contributed by atoms with Gasteiger partial charge in [0.15, 0.2) is 17.6 Å². The lowest BCUT2D eigenvalue weighted by Gasteiger charge is -2.18. The van der Waals surface area contributed by atoms with Crippen LogP contribution in [0.15, 0.2) is 47.5 Å². The van der Waals surface area contributed by atoms with Crippen LogP contribution in [0.5, 0.6) is 0 Å². The molecule has 1 amide bonds. The predicted octanol–water partition coefficient (Wildman–Crippen LogP) is 3.14. The monoisotopic (exact) mass is 388 g/mol. The topological polar surface area (TPSA) is 56.7 Å². The molecule has 0 aliphatic heterocycles. The van der Waals surface area contributed by atoms with Gasteiger partial charge in [0.2, 0.25) is 0 Å². The molecule has 1 atom stereocenters. The van der Waals surface area contributed by atoms with Crippen LogP contribution in [0.4, 0.5) is 8.78 Å². The molecular weight excluding hydrogens is 362 g/mol. The lowest BCUT2D eigenvalue weighted by Crippen LogP contribution is -2.39. The Morgan fingerprint density at radius 1 is 1.14 bits per heavy atom. The zero-order valence-electron chi connectivity index (χ0n) is 16.6. The van der Waals surface area contributed by atoms with E-state index in [1.807, 2.05) is 25.1 Å². The number of amides is 1. The van der Waals surface area contributed by atoms with E-state index in [1.54, 1.807) is 32.1 Å². The highest BCUT2D eigenvalue weighted by Crippen LogP contribution is 2.15. The van der Waals surface area contributed by atoms with Crippen LogP contribution in [-0.4, -0.2) is 44.5 Å². The number of carbonyl (C=O) groups is 1. The first-order valence-electron chi connectivity index (χ1n) is 9.04. The van der Waals surface area contributed by atoms with E-state index in [9.17, 15) is 13.6 Å². The maximum Gasteiger partial charge on any atom is 0.253 e. The summed E-state index contributed by atoms with van der Waals surface area (Å²) in [6.07, 6.45) is 0.703. The molecule has 0 bridgehead atoms. The fourth-order valence-corrected chi connectivity index (χ4v) is 2.71. The van der Waals surface area contributed by atoms with Crippen LogP contribution in [0.1, 0.15) is 34.5 Å². The second-order valence-corrected chi connectivity index (χ2v) is 6.69. The molecule has 2 N–H and O–H groups in total. The lowest BCUT2D eigenvalue weighted by molar-refractivity contribution is 0.0827. The van der Waals surface area contributed by atoms with Crippen molar-refractivity contribution in [3.05, 3.63) is 70.8 Å². The van der Waals surface area contributed by atoms with Crippen LogP contribution in [0, 0.1) is 11.6 Å². The SMILES string of the molecule is CN=C(NCCc1cccc(C(=O)N(C)C)c1)NC(C)c1ccc(F)c(F)c1. The molecule has 2 aromatic rings. The molecule has 7 heteroatoms. The Morgan fingerprint density at radius 3 is 2.54 bits per heavy atom. The van der Waals surface area contributed by atoms with Gasteiger partial charge >= 0.3 is 0 Å². The Morgan fingerprint density at radius 2 is 1.89 bits per heavy atom. The Labute approximate surface area is 164 Å².